The lowest BCUT2D eigenvalue weighted by molar-refractivity contribution is 0.0932. The van der Waals surface area contributed by atoms with Crippen LogP contribution in [-0.2, 0) is 5.60 Å². The van der Waals surface area contributed by atoms with E-state index >= 15 is 0 Å². The Balaban J connectivity index is 2.18. The Morgan fingerprint density at radius 3 is 2.62 bits per heavy atom. The minimum Gasteiger partial charge on any atom is -0.507 e. The zero-order chi connectivity index (χ0) is 17.6. The molecule has 0 fully saturated rings. The van der Waals surface area contributed by atoms with Crippen LogP contribution in [0.4, 0.5) is 4.39 Å². The second-order valence-corrected chi connectivity index (χ2v) is 6.80. The predicted octanol–water partition coefficient (Wildman–Crippen LogP) is 3.96. The van der Waals surface area contributed by atoms with Crippen LogP contribution in [0.15, 0.2) is 30.3 Å². The molecule has 1 amide bonds. The first-order valence-electron chi connectivity index (χ1n) is 7.86. The van der Waals surface area contributed by atoms with Crippen LogP contribution in [0.1, 0.15) is 43.6 Å². The molecule has 3 rings (SSSR count). The molecule has 0 radical (unpaired) electrons. The number of phenols is 1. The third-order valence-corrected chi connectivity index (χ3v) is 4.03. The highest BCUT2D eigenvalue weighted by molar-refractivity contribution is 5.97. The number of halogens is 1. The van der Waals surface area contributed by atoms with Gasteiger partial charge in [0.1, 0.15) is 22.9 Å². The van der Waals surface area contributed by atoms with Crippen molar-refractivity contribution in [1.82, 2.24) is 5.32 Å². The van der Waals surface area contributed by atoms with E-state index in [0.29, 0.717) is 22.4 Å². The van der Waals surface area contributed by atoms with Gasteiger partial charge in [0.05, 0.1) is 5.56 Å². The molecule has 4 nitrogen and oxygen atoms in total. The van der Waals surface area contributed by atoms with E-state index in [1.165, 1.54) is 18.2 Å². The van der Waals surface area contributed by atoms with Gasteiger partial charge in [-0.3, -0.25) is 4.79 Å². The zero-order valence-electron chi connectivity index (χ0n) is 14.1. The number of carbonyl (C=O) groups excluding carboxylic acids is 1. The summed E-state index contributed by atoms with van der Waals surface area (Å²) in [6.07, 6.45) is 0. The summed E-state index contributed by atoms with van der Waals surface area (Å²) in [4.78, 5) is 12.2. The summed E-state index contributed by atoms with van der Waals surface area (Å²) in [6, 6.07) is 7.35. The predicted molar refractivity (Wildman–Crippen MR) is 89.8 cm³/mol. The van der Waals surface area contributed by atoms with Crippen LogP contribution in [0.5, 0.6) is 11.5 Å². The molecule has 0 aliphatic carbocycles. The maximum atomic E-state index is 13.7. The highest BCUT2D eigenvalue weighted by Crippen LogP contribution is 2.49. The van der Waals surface area contributed by atoms with Crippen LogP contribution in [0.3, 0.4) is 0 Å². The number of rotatable bonds is 2. The Hall–Kier alpha value is -2.56. The van der Waals surface area contributed by atoms with Crippen molar-refractivity contribution in [3.8, 4) is 22.6 Å². The molecule has 126 valence electrons. The first-order chi connectivity index (χ1) is 11.2. The maximum Gasteiger partial charge on any atom is 0.251 e. The molecular weight excluding hydrogens is 309 g/mol. The minimum atomic E-state index is -0.699. The van der Waals surface area contributed by atoms with Gasteiger partial charge in [-0.1, -0.05) is 6.07 Å². The van der Waals surface area contributed by atoms with Crippen LogP contribution < -0.4 is 10.1 Å². The molecule has 0 saturated carbocycles. The van der Waals surface area contributed by atoms with Gasteiger partial charge in [0.2, 0.25) is 0 Å². The number of nitrogens with one attached hydrogen (secondary N) is 1. The highest BCUT2D eigenvalue weighted by atomic mass is 19.1. The number of amides is 1. The van der Waals surface area contributed by atoms with Gasteiger partial charge in [-0.25, -0.2) is 4.39 Å². The summed E-state index contributed by atoms with van der Waals surface area (Å²) in [5, 5.41) is 13.2. The van der Waals surface area contributed by atoms with Crippen molar-refractivity contribution in [1.29, 1.82) is 0 Å². The van der Waals surface area contributed by atoms with Crippen LogP contribution in [0, 0.1) is 5.82 Å². The van der Waals surface area contributed by atoms with Crippen LogP contribution in [0.25, 0.3) is 11.1 Å². The van der Waals surface area contributed by atoms with Crippen molar-refractivity contribution in [3.63, 3.8) is 0 Å². The number of hydrogen-bond donors (Lipinski definition) is 2. The van der Waals surface area contributed by atoms with Crippen molar-refractivity contribution in [2.45, 2.75) is 39.3 Å². The molecule has 0 unspecified atom stereocenters. The van der Waals surface area contributed by atoms with E-state index < -0.39 is 11.4 Å². The van der Waals surface area contributed by atoms with Crippen molar-refractivity contribution >= 4 is 5.91 Å². The van der Waals surface area contributed by atoms with Gasteiger partial charge in [0.25, 0.3) is 5.91 Å². The number of hydrogen-bond acceptors (Lipinski definition) is 3. The van der Waals surface area contributed by atoms with E-state index in [1.807, 2.05) is 27.7 Å². The first-order valence-corrected chi connectivity index (χ1v) is 7.86. The van der Waals surface area contributed by atoms with E-state index in [2.05, 4.69) is 5.32 Å². The highest BCUT2D eigenvalue weighted by Gasteiger charge is 2.35. The second-order valence-electron chi connectivity index (χ2n) is 6.80. The zero-order valence-corrected chi connectivity index (χ0v) is 14.1. The summed E-state index contributed by atoms with van der Waals surface area (Å²) >= 11 is 0. The van der Waals surface area contributed by atoms with E-state index in [-0.39, 0.29) is 17.7 Å². The van der Waals surface area contributed by atoms with Crippen LogP contribution in [-0.4, -0.2) is 17.1 Å². The number of aromatic hydroxyl groups is 1. The van der Waals surface area contributed by atoms with E-state index in [4.69, 9.17) is 4.74 Å². The second kappa shape index (κ2) is 5.51. The average Bonchev–Trinajstić information content (AvgIpc) is 2.44. The summed E-state index contributed by atoms with van der Waals surface area (Å²) < 4.78 is 19.7. The molecular formula is C19H20FNO3. The molecule has 2 aromatic rings. The van der Waals surface area contributed by atoms with Crippen molar-refractivity contribution in [3.05, 3.63) is 47.3 Å². The number of carbonyl (C=O) groups is 1. The molecule has 0 aromatic heterocycles. The molecule has 1 aliphatic heterocycles. The minimum absolute atomic E-state index is 0.0251. The van der Waals surface area contributed by atoms with Gasteiger partial charge in [0.15, 0.2) is 0 Å². The monoisotopic (exact) mass is 329 g/mol. The lowest BCUT2D eigenvalue weighted by atomic mass is 9.85. The number of benzene rings is 2. The van der Waals surface area contributed by atoms with Crippen LogP contribution in [0.2, 0.25) is 0 Å². The summed E-state index contributed by atoms with van der Waals surface area (Å²) in [5.74, 6) is -0.427. The Morgan fingerprint density at radius 2 is 1.96 bits per heavy atom. The lowest BCUT2D eigenvalue weighted by Crippen LogP contribution is -2.31. The Morgan fingerprint density at radius 1 is 1.25 bits per heavy atom. The largest absolute Gasteiger partial charge is 0.507 e. The topological polar surface area (TPSA) is 58.6 Å². The van der Waals surface area contributed by atoms with Crippen molar-refractivity contribution in [2.24, 2.45) is 0 Å². The number of phenolic OH excluding ortho intramolecular Hbond substituents is 1. The lowest BCUT2D eigenvalue weighted by Gasteiger charge is -2.35. The third kappa shape index (κ3) is 2.70. The van der Waals surface area contributed by atoms with Crippen molar-refractivity contribution in [2.75, 3.05) is 0 Å². The van der Waals surface area contributed by atoms with Gasteiger partial charge < -0.3 is 15.2 Å². The molecule has 24 heavy (non-hydrogen) atoms. The fraction of sp³-hybridized carbons (Fsp3) is 0.316. The average molecular weight is 329 g/mol. The van der Waals surface area contributed by atoms with Gasteiger partial charge in [-0.05, 0) is 57.5 Å². The maximum absolute atomic E-state index is 13.7. The fourth-order valence-electron chi connectivity index (χ4n) is 3.01. The quantitative estimate of drug-likeness (QED) is 0.876. The van der Waals surface area contributed by atoms with E-state index in [9.17, 15) is 14.3 Å². The Bertz CT molecular complexity index is 828. The standard InChI is InChI=1S/C19H20FNO3/c1-10(2)21-18(23)11-7-15(22)17-13-9-12(20)5-6-14(13)19(3,4)24-16(17)8-11/h5-10,22H,1-4H3,(H,21,23). The van der Waals surface area contributed by atoms with Crippen LogP contribution >= 0.6 is 0 Å². The summed E-state index contributed by atoms with van der Waals surface area (Å²) in [7, 11) is 0. The summed E-state index contributed by atoms with van der Waals surface area (Å²) in [6.45, 7) is 7.44. The van der Waals surface area contributed by atoms with E-state index in [1.54, 1.807) is 12.1 Å². The van der Waals surface area contributed by atoms with Crippen molar-refractivity contribution < 1.29 is 19.0 Å². The van der Waals surface area contributed by atoms with Gasteiger partial charge >= 0.3 is 0 Å². The van der Waals surface area contributed by atoms with Gasteiger partial charge in [0, 0.05) is 17.2 Å². The molecule has 0 spiro atoms. The smallest absolute Gasteiger partial charge is 0.251 e. The Kier molecular flexibility index (Phi) is 3.74. The first kappa shape index (κ1) is 16.3. The molecule has 0 saturated heterocycles. The molecule has 1 heterocycles. The molecule has 5 heteroatoms. The Labute approximate surface area is 140 Å². The summed E-state index contributed by atoms with van der Waals surface area (Å²) in [5.41, 5.74) is 1.37. The molecule has 0 atom stereocenters. The number of ether oxygens (including phenoxy) is 1. The van der Waals surface area contributed by atoms with Gasteiger partial charge in [-0.2, -0.15) is 0 Å². The normalized spacial score (nSPS) is 14.6. The van der Waals surface area contributed by atoms with E-state index in [0.717, 1.165) is 5.56 Å². The fourth-order valence-corrected chi connectivity index (χ4v) is 3.01. The number of fused-ring (bicyclic) bond motifs is 3. The molecule has 0 bridgehead atoms. The molecule has 1 aliphatic rings. The molecule has 2 aromatic carbocycles. The molecule has 2 N–H and O–H groups in total. The van der Waals surface area contributed by atoms with Gasteiger partial charge in [-0.15, -0.1) is 0 Å². The third-order valence-electron chi connectivity index (χ3n) is 4.03. The SMILES string of the molecule is CC(C)NC(=O)c1cc(O)c2c(c1)OC(C)(C)c1ccc(F)cc1-2.